The zero-order valence-corrected chi connectivity index (χ0v) is 26.9. The van der Waals surface area contributed by atoms with Gasteiger partial charge in [-0.25, -0.2) is 0 Å². The minimum absolute atomic E-state index is 0.0221. The van der Waals surface area contributed by atoms with Gasteiger partial charge >= 0.3 is 0 Å². The van der Waals surface area contributed by atoms with Gasteiger partial charge in [0.15, 0.2) is 4.33 Å². The molecule has 3 rings (SSSR count). The molecular weight excluding hydrogens is 603 g/mol. The highest BCUT2D eigenvalue weighted by Crippen LogP contribution is 2.77. The summed E-state index contributed by atoms with van der Waals surface area (Å²) in [5, 5.41) is 3.62. The van der Waals surface area contributed by atoms with Crippen LogP contribution in [0.15, 0.2) is 40.4 Å². The number of nitrogens with one attached hydrogen (secondary N) is 1. The van der Waals surface area contributed by atoms with Crippen LogP contribution in [0, 0.1) is 11.8 Å². The van der Waals surface area contributed by atoms with Crippen molar-refractivity contribution in [3.8, 4) is 0 Å². The molecule has 1 saturated carbocycles. The summed E-state index contributed by atoms with van der Waals surface area (Å²) in [4.78, 5) is 9.82. The summed E-state index contributed by atoms with van der Waals surface area (Å²) < 4.78 is -1.46. The molecule has 0 spiro atoms. The molecule has 38 heavy (non-hydrogen) atoms. The van der Waals surface area contributed by atoms with E-state index in [2.05, 4.69) is 12.2 Å². The van der Waals surface area contributed by atoms with E-state index in [1.54, 1.807) is 0 Å². The highest BCUT2D eigenvalue weighted by Gasteiger charge is 2.81. The van der Waals surface area contributed by atoms with E-state index in [1.807, 2.05) is 30.3 Å². The zero-order valence-electron chi connectivity index (χ0n) is 22.3. The predicted molar refractivity (Wildman–Crippen MR) is 166 cm³/mol. The quantitative estimate of drug-likeness (QED) is 0.133. The van der Waals surface area contributed by atoms with Crippen LogP contribution in [-0.4, -0.2) is 20.0 Å². The third kappa shape index (κ3) is 6.79. The van der Waals surface area contributed by atoms with Gasteiger partial charge in [-0.05, 0) is 36.7 Å². The van der Waals surface area contributed by atoms with Gasteiger partial charge in [-0.1, -0.05) is 148 Å². The van der Waals surface area contributed by atoms with Crippen LogP contribution in [0.4, 0.5) is 0 Å². The van der Waals surface area contributed by atoms with Gasteiger partial charge in [0.2, 0.25) is 5.91 Å². The third-order valence-corrected chi connectivity index (χ3v) is 12.7. The standard InChI is InChI=1S/C30H41Cl6NO/c1-2-3-4-5-7-13-18-23-24(29(34)27(32)26(31)28(23,33)30(29,35)36)19-14-8-6-9-15-20-25(38)37-21-22-16-11-10-12-17-22/h10-12,16-17,23-24H,2-9,13-15,18-21H2,1H3,(H,37,38)/t23-,24+,28-,29-/m0/s1. The number of fused-ring (bicyclic) bond motifs is 2. The highest BCUT2D eigenvalue weighted by atomic mass is 35.5. The fourth-order valence-electron chi connectivity index (χ4n) is 6.22. The van der Waals surface area contributed by atoms with Crippen LogP contribution < -0.4 is 5.32 Å². The first kappa shape index (κ1) is 32.7. The van der Waals surface area contributed by atoms with Gasteiger partial charge in [-0.15, -0.1) is 23.2 Å². The molecule has 1 aromatic rings. The Labute approximate surface area is 259 Å². The molecule has 4 atom stereocenters. The van der Waals surface area contributed by atoms with E-state index < -0.39 is 14.1 Å². The second-order valence-electron chi connectivity index (χ2n) is 11.0. The summed E-state index contributed by atoms with van der Waals surface area (Å²) >= 11 is 41.4. The lowest BCUT2D eigenvalue weighted by Crippen LogP contribution is -2.44. The molecule has 1 amide bonds. The molecule has 2 nitrogen and oxygen atoms in total. The fourth-order valence-corrected chi connectivity index (χ4v) is 9.36. The number of halogens is 6. The Kier molecular flexibility index (Phi) is 12.8. The van der Waals surface area contributed by atoms with Crippen molar-refractivity contribution in [1.29, 1.82) is 0 Å². The second kappa shape index (κ2) is 14.9. The number of benzene rings is 1. The SMILES string of the molecule is CCCCCCCC[C@H]1[C@@H](CCCCCCCC(=O)NCc2ccccc2)[C@]2(Cl)C(Cl)=C(Cl)[C@]1(Cl)C2(Cl)Cl. The molecule has 1 N–H and O–H groups in total. The van der Waals surface area contributed by atoms with E-state index in [-0.39, 0.29) is 17.7 Å². The average Bonchev–Trinajstić information content (AvgIpc) is 3.10. The molecule has 214 valence electrons. The van der Waals surface area contributed by atoms with Gasteiger partial charge in [0, 0.05) is 13.0 Å². The molecule has 0 aliphatic heterocycles. The largest absolute Gasteiger partial charge is 0.352 e. The average molecular weight is 644 g/mol. The van der Waals surface area contributed by atoms with Crippen molar-refractivity contribution in [1.82, 2.24) is 5.32 Å². The third-order valence-electron chi connectivity index (χ3n) is 8.37. The Morgan fingerprint density at radius 1 is 0.737 bits per heavy atom. The maximum Gasteiger partial charge on any atom is 0.220 e. The minimum atomic E-state index is -1.46. The lowest BCUT2D eigenvalue weighted by molar-refractivity contribution is -0.121. The maximum atomic E-state index is 12.1. The Bertz CT molecular complexity index is 938. The number of rotatable bonds is 17. The normalized spacial score (nSPS) is 27.8. The number of allylic oxidation sites excluding steroid dienone is 2. The lowest BCUT2D eigenvalue weighted by Gasteiger charge is -2.37. The minimum Gasteiger partial charge on any atom is -0.352 e. The molecule has 1 fully saturated rings. The van der Waals surface area contributed by atoms with Crippen molar-refractivity contribution < 1.29 is 4.79 Å². The monoisotopic (exact) mass is 641 g/mol. The van der Waals surface area contributed by atoms with Gasteiger partial charge in [0.25, 0.3) is 0 Å². The molecule has 0 aromatic heterocycles. The number of hydrogen-bond donors (Lipinski definition) is 1. The van der Waals surface area contributed by atoms with Gasteiger partial charge in [0.1, 0.15) is 9.75 Å². The van der Waals surface area contributed by atoms with Crippen LogP contribution in [-0.2, 0) is 11.3 Å². The van der Waals surface area contributed by atoms with Crippen LogP contribution >= 0.6 is 69.6 Å². The van der Waals surface area contributed by atoms with Crippen LogP contribution in [0.25, 0.3) is 0 Å². The number of alkyl halides is 4. The summed E-state index contributed by atoms with van der Waals surface area (Å²) in [6, 6.07) is 9.96. The van der Waals surface area contributed by atoms with E-state index >= 15 is 0 Å². The Morgan fingerprint density at radius 3 is 1.74 bits per heavy atom. The number of hydrogen-bond acceptors (Lipinski definition) is 1. The molecule has 2 aliphatic rings. The molecule has 2 aliphatic carbocycles. The zero-order chi connectivity index (χ0) is 27.8. The molecule has 0 heterocycles. The summed E-state index contributed by atoms with van der Waals surface area (Å²) in [5.41, 5.74) is 1.11. The summed E-state index contributed by atoms with van der Waals surface area (Å²) in [7, 11) is 0. The van der Waals surface area contributed by atoms with E-state index in [9.17, 15) is 4.79 Å². The molecule has 0 radical (unpaired) electrons. The number of amides is 1. The summed E-state index contributed by atoms with van der Waals surface area (Å²) in [6.45, 7) is 2.80. The maximum absolute atomic E-state index is 12.1. The first-order chi connectivity index (χ1) is 18.1. The van der Waals surface area contributed by atoms with Gasteiger partial charge in [0.05, 0.1) is 10.1 Å². The van der Waals surface area contributed by atoms with Crippen molar-refractivity contribution in [2.75, 3.05) is 0 Å². The van der Waals surface area contributed by atoms with Gasteiger partial charge in [-0.2, -0.15) is 0 Å². The van der Waals surface area contributed by atoms with Gasteiger partial charge < -0.3 is 5.32 Å². The van der Waals surface area contributed by atoms with Crippen molar-refractivity contribution in [2.45, 2.75) is 117 Å². The van der Waals surface area contributed by atoms with E-state index in [4.69, 9.17) is 69.6 Å². The van der Waals surface area contributed by atoms with Crippen molar-refractivity contribution in [3.05, 3.63) is 46.0 Å². The van der Waals surface area contributed by atoms with Crippen LogP contribution in [0.1, 0.15) is 102 Å². The molecule has 8 heteroatoms. The molecule has 1 aromatic carbocycles. The first-order valence-corrected chi connectivity index (χ1v) is 16.5. The summed E-state index contributed by atoms with van der Waals surface area (Å²) in [6.07, 6.45) is 14.4. The summed E-state index contributed by atoms with van der Waals surface area (Å²) in [5.74, 6) is 0.0426. The Morgan fingerprint density at radius 2 is 1.21 bits per heavy atom. The first-order valence-electron chi connectivity index (χ1n) is 14.2. The van der Waals surface area contributed by atoms with Crippen molar-refractivity contribution in [2.24, 2.45) is 11.8 Å². The van der Waals surface area contributed by atoms with Crippen molar-refractivity contribution >= 4 is 75.5 Å². The molecular formula is C30H41Cl6NO. The topological polar surface area (TPSA) is 29.1 Å². The highest BCUT2D eigenvalue weighted by molar-refractivity contribution is 6.65. The fraction of sp³-hybridized carbons (Fsp3) is 0.700. The van der Waals surface area contributed by atoms with E-state index in [0.717, 1.165) is 63.4 Å². The predicted octanol–water partition coefficient (Wildman–Crippen LogP) is 10.9. The Hall–Kier alpha value is 0.170. The lowest BCUT2D eigenvalue weighted by atomic mass is 9.76. The number of carbonyl (C=O) groups excluding carboxylic acids is 1. The second-order valence-corrected chi connectivity index (χ2v) is 14.2. The van der Waals surface area contributed by atoms with Crippen molar-refractivity contribution in [3.63, 3.8) is 0 Å². The van der Waals surface area contributed by atoms with Gasteiger partial charge in [-0.3, -0.25) is 4.79 Å². The molecule has 0 saturated heterocycles. The van der Waals surface area contributed by atoms with Crippen LogP contribution in [0.3, 0.4) is 0 Å². The molecule has 2 bridgehead atoms. The van der Waals surface area contributed by atoms with E-state index in [1.165, 1.54) is 25.7 Å². The van der Waals surface area contributed by atoms with Crippen LogP contribution in [0.5, 0.6) is 0 Å². The molecule has 0 unspecified atom stereocenters. The van der Waals surface area contributed by atoms with E-state index in [0.29, 0.717) is 23.0 Å². The number of carbonyl (C=O) groups is 1. The van der Waals surface area contributed by atoms with Crippen LogP contribution in [0.2, 0.25) is 0 Å². The smallest absolute Gasteiger partial charge is 0.220 e. The number of unbranched alkanes of at least 4 members (excludes halogenated alkanes) is 9. The Balaban J connectivity index is 1.45.